The Morgan fingerprint density at radius 1 is 1.06 bits per heavy atom. The minimum absolute atomic E-state index is 0.0294. The zero-order valence-corrected chi connectivity index (χ0v) is 35.0. The Hall–Kier alpha value is -2.52. The summed E-state index contributed by atoms with van der Waals surface area (Å²) in [6.45, 7) is 18.4. The van der Waals surface area contributed by atoms with Gasteiger partial charge in [-0.1, -0.05) is 61.6 Å². The van der Waals surface area contributed by atoms with E-state index in [1.807, 2.05) is 0 Å². The molecular weight excluding hydrogens is 752 g/mol. The van der Waals surface area contributed by atoms with Gasteiger partial charge in [0, 0.05) is 32.8 Å². The van der Waals surface area contributed by atoms with Crippen LogP contribution in [0.2, 0.25) is 48.8 Å². The molecule has 2 aromatic heterocycles. The molecular formula is C34H50ClF2N5O7SSi2. The van der Waals surface area contributed by atoms with Crippen LogP contribution >= 0.6 is 11.6 Å². The largest absolute Gasteiger partial charge is 0.471 e. The van der Waals surface area contributed by atoms with Crippen molar-refractivity contribution in [1.82, 2.24) is 14.5 Å². The third-order valence-electron chi connectivity index (χ3n) is 9.35. The Labute approximate surface area is 311 Å². The van der Waals surface area contributed by atoms with Crippen molar-refractivity contribution in [3.05, 3.63) is 46.0 Å². The fourth-order valence-electron chi connectivity index (χ4n) is 5.42. The van der Waals surface area contributed by atoms with E-state index in [0.717, 1.165) is 18.2 Å². The van der Waals surface area contributed by atoms with Crippen LogP contribution in [0.1, 0.15) is 36.7 Å². The van der Waals surface area contributed by atoms with Gasteiger partial charge >= 0.3 is 6.01 Å². The van der Waals surface area contributed by atoms with E-state index in [2.05, 4.69) is 67.8 Å². The predicted octanol–water partition coefficient (Wildman–Crippen LogP) is 7.69. The van der Waals surface area contributed by atoms with Crippen LogP contribution in [-0.2, 0) is 41.6 Å². The number of aromatic nitrogens is 3. The van der Waals surface area contributed by atoms with E-state index in [-0.39, 0.29) is 59.2 Å². The Morgan fingerprint density at radius 2 is 1.67 bits per heavy atom. The van der Waals surface area contributed by atoms with E-state index < -0.39 is 61.8 Å². The SMILES string of the molecule is CC(C)(C)[Si](C)(C)O[C@@H]1CO[C@H]2[C@@H]1OC[C@H]2Oc1nc2cc(Cl)c(OCc3c(F)cc(C(=O)N=S(C)(C)=N)cc3F)nc2n1COCC[Si](C)(C)C. The quantitative estimate of drug-likeness (QED) is 0.136. The molecule has 1 amide bonds. The molecule has 4 atom stereocenters. The number of hydrogen-bond acceptors (Lipinski definition) is 10. The van der Waals surface area contributed by atoms with Crippen LogP contribution in [0.15, 0.2) is 22.6 Å². The molecule has 0 aliphatic carbocycles. The summed E-state index contributed by atoms with van der Waals surface area (Å²) < 4.78 is 80.7. The first-order valence-electron chi connectivity index (χ1n) is 17.1. The van der Waals surface area contributed by atoms with Crippen LogP contribution in [0.5, 0.6) is 11.9 Å². The molecule has 2 fully saturated rings. The van der Waals surface area contributed by atoms with Gasteiger partial charge in [-0.25, -0.2) is 8.78 Å². The van der Waals surface area contributed by atoms with Gasteiger partial charge in [0.05, 0.1) is 24.9 Å². The number of carbonyl (C=O) groups excluding carboxylic acids is 1. The Kier molecular flexibility index (Phi) is 12.0. The number of amides is 1. The number of halogens is 3. The van der Waals surface area contributed by atoms with Gasteiger partial charge in [-0.05, 0) is 42.4 Å². The van der Waals surface area contributed by atoms with Crippen LogP contribution in [-0.4, -0.2) is 93.6 Å². The van der Waals surface area contributed by atoms with Gasteiger partial charge < -0.3 is 28.1 Å². The first-order chi connectivity index (χ1) is 24.0. The Balaban J connectivity index is 1.38. The van der Waals surface area contributed by atoms with Gasteiger partial charge in [-0.15, -0.1) is 0 Å². The number of imidazole rings is 1. The van der Waals surface area contributed by atoms with Gasteiger partial charge in [0.25, 0.3) is 5.91 Å². The minimum atomic E-state index is -2.32. The predicted molar refractivity (Wildman–Crippen MR) is 202 cm³/mol. The molecule has 18 heteroatoms. The van der Waals surface area contributed by atoms with Crippen molar-refractivity contribution in [2.45, 2.75) is 102 Å². The van der Waals surface area contributed by atoms with Crippen molar-refractivity contribution in [3.63, 3.8) is 0 Å². The summed E-state index contributed by atoms with van der Waals surface area (Å²) in [5, 5.41) is 0.0890. The summed E-state index contributed by atoms with van der Waals surface area (Å²) in [4.78, 5) is 21.6. The van der Waals surface area contributed by atoms with Crippen LogP contribution < -0.4 is 9.47 Å². The van der Waals surface area contributed by atoms with E-state index in [4.69, 9.17) is 44.5 Å². The Morgan fingerprint density at radius 3 is 2.27 bits per heavy atom. The number of nitrogens with zero attached hydrogens (tertiary/aromatic N) is 4. The highest BCUT2D eigenvalue weighted by molar-refractivity contribution is 7.93. The van der Waals surface area contributed by atoms with Crippen molar-refractivity contribution >= 4 is 54.7 Å². The molecule has 0 radical (unpaired) electrons. The summed E-state index contributed by atoms with van der Waals surface area (Å²) in [6.07, 6.45) is 1.59. The van der Waals surface area contributed by atoms with Gasteiger partial charge in [0.2, 0.25) is 5.88 Å². The van der Waals surface area contributed by atoms with Crippen molar-refractivity contribution in [3.8, 4) is 11.9 Å². The van der Waals surface area contributed by atoms with Crippen molar-refractivity contribution in [1.29, 1.82) is 4.78 Å². The lowest BCUT2D eigenvalue weighted by Crippen LogP contribution is -2.47. The van der Waals surface area contributed by atoms with E-state index in [1.54, 1.807) is 4.57 Å². The van der Waals surface area contributed by atoms with Crippen LogP contribution in [0.4, 0.5) is 8.78 Å². The number of rotatable bonds is 13. The molecule has 2 saturated heterocycles. The second-order valence-electron chi connectivity index (χ2n) is 16.3. The molecule has 0 unspecified atom stereocenters. The normalized spacial score (nSPS) is 21.1. The molecule has 2 aliphatic heterocycles. The number of benzene rings is 1. The molecule has 12 nitrogen and oxygen atoms in total. The number of pyridine rings is 1. The highest BCUT2D eigenvalue weighted by Crippen LogP contribution is 2.41. The standard InChI is InChI=1S/C34H50ClF2N5O7SSi2/c1-34(2,3)52(9,10)49-27-18-46-28-26(17-45-29(27)28)48-33-39-25-15-22(35)32(40-30(25)42(33)19-44-11-12-51(6,7)8)47-16-21-23(36)13-20(14-24(21)37)31(43)41-50(4,5)38/h13-15,26-29,38H,11-12,16-19H2,1-10H3/t26-,27-,28-,29-/m1/s1. The van der Waals surface area contributed by atoms with Gasteiger partial charge in [0.15, 0.2) is 20.1 Å². The average molecular weight is 802 g/mol. The fraction of sp³-hybridized carbons (Fsp3) is 0.618. The summed E-state index contributed by atoms with van der Waals surface area (Å²) in [6, 6.07) is 4.44. The fourth-order valence-corrected chi connectivity index (χ4v) is 8.21. The van der Waals surface area contributed by atoms with Crippen LogP contribution in [0.25, 0.3) is 11.2 Å². The number of carbonyl (C=O) groups is 1. The highest BCUT2D eigenvalue weighted by atomic mass is 35.5. The monoisotopic (exact) mass is 801 g/mol. The van der Waals surface area contributed by atoms with E-state index in [1.165, 1.54) is 18.6 Å². The highest BCUT2D eigenvalue weighted by Gasteiger charge is 2.52. The molecule has 1 aromatic carbocycles. The van der Waals surface area contributed by atoms with Gasteiger partial charge in [-0.3, -0.25) is 14.1 Å². The lowest BCUT2D eigenvalue weighted by atomic mass is 10.1. The first kappa shape index (κ1) is 40.7. The molecule has 0 saturated carbocycles. The summed E-state index contributed by atoms with van der Waals surface area (Å²) in [5.41, 5.74) is -0.00222. The molecule has 0 bridgehead atoms. The number of hydrogen-bond donors (Lipinski definition) is 1. The second-order valence-corrected chi connectivity index (χ2v) is 29.8. The number of nitrogens with one attached hydrogen (secondary N) is 1. The third-order valence-corrected chi connectivity index (χ3v) is 16.4. The van der Waals surface area contributed by atoms with Crippen molar-refractivity contribution in [2.75, 3.05) is 32.3 Å². The maximum Gasteiger partial charge on any atom is 0.301 e. The Bertz CT molecular complexity index is 1910. The summed E-state index contributed by atoms with van der Waals surface area (Å²) >= 11 is 6.55. The maximum absolute atomic E-state index is 15.1. The first-order valence-corrected chi connectivity index (χ1v) is 26.5. The number of fused-ring (bicyclic) bond motifs is 2. The third kappa shape index (κ3) is 9.58. The molecule has 288 valence electrons. The van der Waals surface area contributed by atoms with Crippen LogP contribution in [0, 0.1) is 16.4 Å². The molecule has 3 aromatic rings. The van der Waals surface area contributed by atoms with Crippen molar-refractivity contribution in [2.24, 2.45) is 4.36 Å². The van der Waals surface area contributed by atoms with Gasteiger partial charge in [-0.2, -0.15) is 14.3 Å². The van der Waals surface area contributed by atoms with Gasteiger partial charge in [0.1, 0.15) is 47.7 Å². The summed E-state index contributed by atoms with van der Waals surface area (Å²) in [5.74, 6) is -2.97. The molecule has 1 N–H and O–H groups in total. The maximum atomic E-state index is 15.1. The topological polar surface area (TPSA) is 139 Å². The lowest BCUT2D eigenvalue weighted by Gasteiger charge is -2.39. The van der Waals surface area contributed by atoms with E-state index in [0.29, 0.717) is 24.4 Å². The molecule has 5 rings (SSSR count). The lowest BCUT2D eigenvalue weighted by molar-refractivity contribution is 0.00686. The minimum Gasteiger partial charge on any atom is -0.471 e. The van der Waals surface area contributed by atoms with Crippen LogP contribution in [0.3, 0.4) is 0 Å². The molecule has 0 spiro atoms. The summed E-state index contributed by atoms with van der Waals surface area (Å²) in [7, 11) is -5.79. The second kappa shape index (κ2) is 15.3. The zero-order valence-electron chi connectivity index (χ0n) is 31.5. The average Bonchev–Trinajstić information content (AvgIpc) is 3.67. The number of ether oxygens (including phenoxy) is 5. The molecule has 52 heavy (non-hydrogen) atoms. The molecule has 4 heterocycles. The van der Waals surface area contributed by atoms with Crippen molar-refractivity contribution < 1.29 is 41.7 Å². The van der Waals surface area contributed by atoms with E-state index >= 15 is 8.78 Å². The zero-order chi connectivity index (χ0) is 38.4. The molecule has 2 aliphatic rings. The smallest absolute Gasteiger partial charge is 0.301 e. The van der Waals surface area contributed by atoms with E-state index in [9.17, 15) is 4.79 Å².